The zero-order valence-electron chi connectivity index (χ0n) is 20.7. The van der Waals surface area contributed by atoms with Crippen molar-refractivity contribution in [2.75, 3.05) is 4.90 Å². The number of rotatable bonds is 7. The maximum absolute atomic E-state index is 12.8. The average Bonchev–Trinajstić information content (AvgIpc) is 3.21. The van der Waals surface area contributed by atoms with Gasteiger partial charge < -0.3 is 4.74 Å². The van der Waals surface area contributed by atoms with Crippen LogP contribution < -0.4 is 15.1 Å². The van der Waals surface area contributed by atoms with Crippen molar-refractivity contribution in [3.8, 4) is 5.75 Å². The Morgan fingerprint density at radius 3 is 2.08 bits per heavy atom. The van der Waals surface area contributed by atoms with Gasteiger partial charge in [-0.05, 0) is 67.3 Å². The number of hydrogen-bond acceptors (Lipinski definition) is 5. The number of anilines is 1. The zero-order valence-corrected chi connectivity index (χ0v) is 20.7. The van der Waals surface area contributed by atoms with Crippen LogP contribution >= 0.6 is 0 Å². The quantitative estimate of drug-likeness (QED) is 0.281. The first kappa shape index (κ1) is 24.4. The summed E-state index contributed by atoms with van der Waals surface area (Å²) in [6, 6.07) is 23.9. The second-order valence-electron chi connectivity index (χ2n) is 9.49. The molecule has 1 N–H and O–H groups in total. The van der Waals surface area contributed by atoms with Gasteiger partial charge in [-0.25, -0.2) is 5.43 Å². The molecule has 2 atom stereocenters. The van der Waals surface area contributed by atoms with Crippen molar-refractivity contribution in [3.05, 3.63) is 95.6 Å². The number of carbonyl (C=O) groups is 3. The van der Waals surface area contributed by atoms with Gasteiger partial charge in [0, 0.05) is 5.56 Å². The zero-order chi connectivity index (χ0) is 25.8. The molecule has 2 fully saturated rings. The van der Waals surface area contributed by atoms with Crippen LogP contribution in [0.1, 0.15) is 54.1 Å². The maximum Gasteiger partial charge on any atom is 0.271 e. The standard InChI is InChI=1S/C30H29N3O4/c1-20(22-11-15-24(16-12-22)33-29(35)26-9-5-6-10-27(26)30(33)36)31-32-28(34)23-13-17-25(18-14-23)37-19-21-7-3-2-4-8-21/h2-4,7-8,11-18,26-27H,5-6,9-10,19H2,1H3,(H,32,34)/b31-20+. The highest BCUT2D eigenvalue weighted by Gasteiger charge is 2.48. The molecule has 5 rings (SSSR count). The van der Waals surface area contributed by atoms with Gasteiger partial charge in [-0.3, -0.25) is 19.3 Å². The minimum Gasteiger partial charge on any atom is -0.489 e. The van der Waals surface area contributed by atoms with Crippen molar-refractivity contribution < 1.29 is 19.1 Å². The highest BCUT2D eigenvalue weighted by atomic mass is 16.5. The molecule has 2 aliphatic rings. The van der Waals surface area contributed by atoms with E-state index in [0.717, 1.165) is 36.8 Å². The van der Waals surface area contributed by atoms with Gasteiger partial charge in [-0.1, -0.05) is 55.3 Å². The van der Waals surface area contributed by atoms with Crippen molar-refractivity contribution in [1.29, 1.82) is 0 Å². The first-order chi connectivity index (χ1) is 18.0. The Hall–Kier alpha value is -4.26. The van der Waals surface area contributed by atoms with Crippen molar-refractivity contribution in [3.63, 3.8) is 0 Å². The van der Waals surface area contributed by atoms with Crippen molar-refractivity contribution in [1.82, 2.24) is 5.43 Å². The lowest BCUT2D eigenvalue weighted by Crippen LogP contribution is -2.30. The van der Waals surface area contributed by atoms with Crippen LogP contribution in [0.5, 0.6) is 5.75 Å². The Labute approximate surface area is 216 Å². The third-order valence-electron chi connectivity index (χ3n) is 7.07. The summed E-state index contributed by atoms with van der Waals surface area (Å²) in [4.78, 5) is 39.6. The van der Waals surface area contributed by atoms with Gasteiger partial charge in [0.2, 0.25) is 11.8 Å². The van der Waals surface area contributed by atoms with Crippen LogP contribution in [0.15, 0.2) is 84.0 Å². The molecule has 1 saturated heterocycles. The SMILES string of the molecule is C/C(=N\NC(=O)c1ccc(OCc2ccccc2)cc1)c1ccc(N2C(=O)C3CCCCC3C2=O)cc1. The Morgan fingerprint density at radius 2 is 1.46 bits per heavy atom. The highest BCUT2D eigenvalue weighted by Crippen LogP contribution is 2.40. The fourth-order valence-corrected chi connectivity index (χ4v) is 4.98. The molecule has 0 bridgehead atoms. The molecule has 7 heteroatoms. The van der Waals surface area contributed by atoms with Crippen LogP contribution in [0.2, 0.25) is 0 Å². The number of hydrazone groups is 1. The molecule has 1 saturated carbocycles. The van der Waals surface area contributed by atoms with Crippen LogP contribution in [0.3, 0.4) is 0 Å². The monoisotopic (exact) mass is 495 g/mol. The molecule has 0 aromatic heterocycles. The molecule has 0 radical (unpaired) electrons. The Bertz CT molecular complexity index is 1290. The van der Waals surface area contributed by atoms with E-state index in [1.54, 1.807) is 43.3 Å². The van der Waals surface area contributed by atoms with Gasteiger partial charge in [0.25, 0.3) is 5.91 Å². The fraction of sp³-hybridized carbons (Fsp3) is 0.267. The summed E-state index contributed by atoms with van der Waals surface area (Å²) in [5, 5.41) is 4.22. The largest absolute Gasteiger partial charge is 0.489 e. The molecule has 7 nitrogen and oxygen atoms in total. The minimum atomic E-state index is -0.332. The normalized spacial score (nSPS) is 19.5. The van der Waals surface area contributed by atoms with Crippen molar-refractivity contribution in [2.24, 2.45) is 16.9 Å². The summed E-state index contributed by atoms with van der Waals surface area (Å²) in [6.45, 7) is 2.24. The van der Waals surface area contributed by atoms with E-state index in [0.29, 0.717) is 29.3 Å². The molecular weight excluding hydrogens is 466 g/mol. The number of hydrogen-bond donors (Lipinski definition) is 1. The lowest BCUT2D eigenvalue weighted by atomic mass is 9.81. The summed E-state index contributed by atoms with van der Waals surface area (Å²) < 4.78 is 5.77. The van der Waals surface area contributed by atoms with Gasteiger partial charge in [-0.2, -0.15) is 5.10 Å². The van der Waals surface area contributed by atoms with E-state index < -0.39 is 0 Å². The smallest absolute Gasteiger partial charge is 0.271 e. The molecule has 3 amide bonds. The maximum atomic E-state index is 12.8. The molecule has 2 unspecified atom stereocenters. The molecule has 1 aliphatic heterocycles. The van der Waals surface area contributed by atoms with E-state index in [2.05, 4.69) is 10.5 Å². The molecule has 37 heavy (non-hydrogen) atoms. The molecular formula is C30H29N3O4. The van der Waals surface area contributed by atoms with Gasteiger partial charge in [0.05, 0.1) is 23.2 Å². The van der Waals surface area contributed by atoms with Crippen molar-refractivity contribution in [2.45, 2.75) is 39.2 Å². The van der Waals surface area contributed by atoms with E-state index in [1.807, 2.05) is 42.5 Å². The van der Waals surface area contributed by atoms with Crippen LogP contribution in [0, 0.1) is 11.8 Å². The fourth-order valence-electron chi connectivity index (χ4n) is 4.98. The summed E-state index contributed by atoms with van der Waals surface area (Å²) in [5.74, 6) is -0.183. The Kier molecular flexibility index (Phi) is 7.12. The number of fused-ring (bicyclic) bond motifs is 1. The first-order valence-corrected chi connectivity index (χ1v) is 12.6. The lowest BCUT2D eigenvalue weighted by molar-refractivity contribution is -0.122. The lowest BCUT2D eigenvalue weighted by Gasteiger charge is -2.19. The predicted octanol–water partition coefficient (Wildman–Crippen LogP) is 5.10. The topological polar surface area (TPSA) is 88.1 Å². The number of nitrogens with one attached hydrogen (secondary N) is 1. The van der Waals surface area contributed by atoms with Crippen molar-refractivity contribution >= 4 is 29.1 Å². The van der Waals surface area contributed by atoms with Gasteiger partial charge in [0.15, 0.2) is 0 Å². The summed E-state index contributed by atoms with van der Waals surface area (Å²) in [6.07, 6.45) is 3.58. The minimum absolute atomic E-state index is 0.0865. The molecule has 1 heterocycles. The molecule has 3 aromatic rings. The van der Waals surface area contributed by atoms with Gasteiger partial charge >= 0.3 is 0 Å². The van der Waals surface area contributed by atoms with Crippen LogP contribution in [-0.2, 0) is 16.2 Å². The third-order valence-corrected chi connectivity index (χ3v) is 7.07. The van der Waals surface area contributed by atoms with E-state index in [4.69, 9.17) is 4.74 Å². The van der Waals surface area contributed by atoms with Crippen LogP contribution in [0.25, 0.3) is 0 Å². The predicted molar refractivity (Wildman–Crippen MR) is 141 cm³/mol. The highest BCUT2D eigenvalue weighted by molar-refractivity contribution is 6.22. The average molecular weight is 496 g/mol. The Morgan fingerprint density at radius 1 is 0.865 bits per heavy atom. The number of imide groups is 1. The van der Waals surface area contributed by atoms with E-state index in [9.17, 15) is 14.4 Å². The molecule has 3 aromatic carbocycles. The van der Waals surface area contributed by atoms with Gasteiger partial charge in [0.1, 0.15) is 12.4 Å². The summed E-state index contributed by atoms with van der Waals surface area (Å²) in [7, 11) is 0. The number of benzene rings is 3. The second kappa shape index (κ2) is 10.8. The van der Waals surface area contributed by atoms with Crippen LogP contribution in [0.4, 0.5) is 5.69 Å². The van der Waals surface area contributed by atoms with Crippen LogP contribution in [-0.4, -0.2) is 23.4 Å². The third kappa shape index (κ3) is 5.31. The number of carbonyl (C=O) groups excluding carboxylic acids is 3. The van der Waals surface area contributed by atoms with E-state index >= 15 is 0 Å². The van der Waals surface area contributed by atoms with E-state index in [1.165, 1.54) is 4.90 Å². The molecule has 1 aliphatic carbocycles. The number of ether oxygens (including phenoxy) is 1. The molecule has 0 spiro atoms. The number of nitrogens with zero attached hydrogens (tertiary/aromatic N) is 2. The Balaban J connectivity index is 1.18. The van der Waals surface area contributed by atoms with Gasteiger partial charge in [-0.15, -0.1) is 0 Å². The second-order valence-corrected chi connectivity index (χ2v) is 9.49. The summed E-state index contributed by atoms with van der Waals surface area (Å²) >= 11 is 0. The summed E-state index contributed by atoms with van der Waals surface area (Å²) in [5.41, 5.74) is 6.09. The molecule has 188 valence electrons. The number of amides is 3. The van der Waals surface area contributed by atoms with E-state index in [-0.39, 0.29) is 29.6 Å². The first-order valence-electron chi connectivity index (χ1n) is 12.6.